The molecule has 2 aliphatic rings. The minimum Gasteiger partial charge on any atom is -0.493 e. The summed E-state index contributed by atoms with van der Waals surface area (Å²) in [7, 11) is 1.63. The van der Waals surface area contributed by atoms with Crippen LogP contribution in [0.15, 0.2) is 18.2 Å². The summed E-state index contributed by atoms with van der Waals surface area (Å²) < 4.78 is 16.8. The molecule has 0 spiro atoms. The Morgan fingerprint density at radius 1 is 1.29 bits per heavy atom. The van der Waals surface area contributed by atoms with Crippen LogP contribution < -0.4 is 14.8 Å². The molecule has 1 heterocycles. The zero-order valence-electron chi connectivity index (χ0n) is 12.5. The fraction of sp³-hybridized carbons (Fsp3) is 0.562. The van der Waals surface area contributed by atoms with Crippen molar-refractivity contribution in [3.63, 3.8) is 0 Å². The molecule has 0 bridgehead atoms. The van der Waals surface area contributed by atoms with E-state index in [9.17, 15) is 4.79 Å². The summed E-state index contributed by atoms with van der Waals surface area (Å²) in [5.74, 6) is 1.44. The van der Waals surface area contributed by atoms with Gasteiger partial charge in [-0.25, -0.2) is 4.79 Å². The van der Waals surface area contributed by atoms with Crippen LogP contribution in [0.5, 0.6) is 11.5 Å². The maximum absolute atomic E-state index is 11.3. The first-order chi connectivity index (χ1) is 10.1. The second kappa shape index (κ2) is 5.47. The van der Waals surface area contributed by atoms with Gasteiger partial charge < -0.3 is 19.5 Å². The lowest BCUT2D eigenvalue weighted by Gasteiger charge is -2.24. The number of methoxy groups -OCH3 is 1. The van der Waals surface area contributed by atoms with Crippen molar-refractivity contribution < 1.29 is 19.0 Å². The van der Waals surface area contributed by atoms with E-state index in [2.05, 4.69) is 5.32 Å². The SMILES string of the molecule is COc1ccc(C2(C)CNC(=O)O2)cc1OC1CCCC1. The highest BCUT2D eigenvalue weighted by atomic mass is 16.6. The number of ether oxygens (including phenoxy) is 3. The summed E-state index contributed by atoms with van der Waals surface area (Å²) in [6.45, 7) is 2.35. The first-order valence-corrected chi connectivity index (χ1v) is 7.43. The maximum Gasteiger partial charge on any atom is 0.408 e. The summed E-state index contributed by atoms with van der Waals surface area (Å²) in [6, 6.07) is 5.72. The van der Waals surface area contributed by atoms with Crippen molar-refractivity contribution in [1.29, 1.82) is 0 Å². The number of hydrogen-bond acceptors (Lipinski definition) is 4. The van der Waals surface area contributed by atoms with E-state index in [-0.39, 0.29) is 12.2 Å². The van der Waals surface area contributed by atoms with Gasteiger partial charge in [-0.3, -0.25) is 0 Å². The molecule has 1 amide bonds. The highest BCUT2D eigenvalue weighted by Gasteiger charge is 2.38. The molecule has 1 aliphatic heterocycles. The molecular weight excluding hydrogens is 270 g/mol. The zero-order valence-corrected chi connectivity index (χ0v) is 12.5. The van der Waals surface area contributed by atoms with Crippen LogP contribution in [0.4, 0.5) is 4.79 Å². The van der Waals surface area contributed by atoms with Crippen LogP contribution in [-0.4, -0.2) is 25.9 Å². The lowest BCUT2D eigenvalue weighted by atomic mass is 9.96. The summed E-state index contributed by atoms with van der Waals surface area (Å²) in [5.41, 5.74) is 0.256. The van der Waals surface area contributed by atoms with E-state index in [1.807, 2.05) is 25.1 Å². The van der Waals surface area contributed by atoms with Crippen LogP contribution in [0, 0.1) is 0 Å². The second-order valence-electron chi connectivity index (χ2n) is 5.86. The van der Waals surface area contributed by atoms with Gasteiger partial charge >= 0.3 is 6.09 Å². The number of hydrogen-bond donors (Lipinski definition) is 1. The van der Waals surface area contributed by atoms with Crippen LogP contribution in [0.2, 0.25) is 0 Å². The predicted octanol–water partition coefficient (Wildman–Crippen LogP) is 2.97. The minimum atomic E-state index is -0.656. The molecule has 1 saturated carbocycles. The smallest absolute Gasteiger partial charge is 0.408 e. The monoisotopic (exact) mass is 291 g/mol. The van der Waals surface area contributed by atoms with Gasteiger partial charge in [0, 0.05) is 5.56 Å². The van der Waals surface area contributed by atoms with Crippen LogP contribution >= 0.6 is 0 Å². The summed E-state index contributed by atoms with van der Waals surface area (Å²) in [6.07, 6.45) is 4.47. The second-order valence-corrected chi connectivity index (χ2v) is 5.86. The standard InChI is InChI=1S/C16H21NO4/c1-16(10-17-15(18)21-16)11-7-8-13(19-2)14(9-11)20-12-5-3-4-6-12/h7-9,12H,3-6,10H2,1-2H3,(H,17,18). The van der Waals surface area contributed by atoms with E-state index in [0.29, 0.717) is 12.3 Å². The molecule has 1 aromatic carbocycles. The summed E-state index contributed by atoms with van der Waals surface area (Å²) in [4.78, 5) is 11.3. The molecule has 3 rings (SSSR count). The number of carbonyl (C=O) groups is 1. The molecular formula is C16H21NO4. The maximum atomic E-state index is 11.3. The third-order valence-electron chi connectivity index (χ3n) is 4.26. The molecule has 21 heavy (non-hydrogen) atoms. The van der Waals surface area contributed by atoms with E-state index in [1.165, 1.54) is 12.8 Å². The van der Waals surface area contributed by atoms with Gasteiger partial charge in [0.1, 0.15) is 0 Å². The van der Waals surface area contributed by atoms with E-state index in [0.717, 1.165) is 24.2 Å². The highest BCUT2D eigenvalue weighted by Crippen LogP contribution is 2.37. The molecule has 1 saturated heterocycles. The van der Waals surface area contributed by atoms with Gasteiger partial charge in [0.25, 0.3) is 0 Å². The van der Waals surface area contributed by atoms with E-state index < -0.39 is 5.60 Å². The number of amides is 1. The molecule has 0 radical (unpaired) electrons. The normalized spacial score (nSPS) is 25.5. The van der Waals surface area contributed by atoms with Gasteiger partial charge in [-0.05, 0) is 44.7 Å². The van der Waals surface area contributed by atoms with Crippen molar-refractivity contribution >= 4 is 6.09 Å². The molecule has 1 atom stereocenters. The fourth-order valence-corrected chi connectivity index (χ4v) is 2.96. The summed E-state index contributed by atoms with van der Waals surface area (Å²) >= 11 is 0. The molecule has 1 aromatic rings. The van der Waals surface area contributed by atoms with E-state index in [1.54, 1.807) is 7.11 Å². The Balaban J connectivity index is 1.87. The molecule has 2 fully saturated rings. The summed E-state index contributed by atoms with van der Waals surface area (Å²) in [5, 5.41) is 2.70. The Morgan fingerprint density at radius 2 is 2.05 bits per heavy atom. The van der Waals surface area contributed by atoms with Crippen LogP contribution in [-0.2, 0) is 10.3 Å². The van der Waals surface area contributed by atoms with Gasteiger partial charge in [-0.2, -0.15) is 0 Å². The predicted molar refractivity (Wildman–Crippen MR) is 77.7 cm³/mol. The Morgan fingerprint density at radius 3 is 2.67 bits per heavy atom. The molecule has 114 valence electrons. The van der Waals surface area contributed by atoms with Gasteiger partial charge in [0.05, 0.1) is 19.8 Å². The Hall–Kier alpha value is -1.91. The average molecular weight is 291 g/mol. The molecule has 5 nitrogen and oxygen atoms in total. The van der Waals surface area contributed by atoms with Crippen molar-refractivity contribution in [2.75, 3.05) is 13.7 Å². The van der Waals surface area contributed by atoms with Crippen molar-refractivity contribution in [2.45, 2.75) is 44.3 Å². The van der Waals surface area contributed by atoms with Gasteiger partial charge in [0.2, 0.25) is 0 Å². The lowest BCUT2D eigenvalue weighted by Crippen LogP contribution is -2.26. The highest BCUT2D eigenvalue weighted by molar-refractivity contribution is 5.70. The molecule has 1 aliphatic carbocycles. The third kappa shape index (κ3) is 2.77. The zero-order chi connectivity index (χ0) is 14.9. The first kappa shape index (κ1) is 14.0. The van der Waals surface area contributed by atoms with Crippen LogP contribution in [0.25, 0.3) is 0 Å². The average Bonchev–Trinajstić information content (AvgIpc) is 3.09. The first-order valence-electron chi connectivity index (χ1n) is 7.43. The van der Waals surface area contributed by atoms with Crippen molar-refractivity contribution in [3.8, 4) is 11.5 Å². The number of benzene rings is 1. The quantitative estimate of drug-likeness (QED) is 0.926. The van der Waals surface area contributed by atoms with Crippen molar-refractivity contribution in [1.82, 2.24) is 5.32 Å². The van der Waals surface area contributed by atoms with E-state index >= 15 is 0 Å². The number of nitrogens with one attached hydrogen (secondary N) is 1. The number of cyclic esters (lactones) is 1. The Labute approximate surface area is 124 Å². The number of carbonyl (C=O) groups excluding carboxylic acids is 1. The number of alkyl carbamates (subject to hydrolysis) is 1. The Kier molecular flexibility index (Phi) is 3.66. The van der Waals surface area contributed by atoms with Crippen LogP contribution in [0.1, 0.15) is 38.2 Å². The largest absolute Gasteiger partial charge is 0.493 e. The van der Waals surface area contributed by atoms with Gasteiger partial charge in [0.15, 0.2) is 17.1 Å². The van der Waals surface area contributed by atoms with Crippen LogP contribution in [0.3, 0.4) is 0 Å². The number of rotatable bonds is 4. The molecule has 1 N–H and O–H groups in total. The fourth-order valence-electron chi connectivity index (χ4n) is 2.96. The molecule has 1 unspecified atom stereocenters. The molecule has 5 heteroatoms. The minimum absolute atomic E-state index is 0.256. The van der Waals surface area contributed by atoms with Crippen molar-refractivity contribution in [3.05, 3.63) is 23.8 Å². The Bertz CT molecular complexity index is 539. The van der Waals surface area contributed by atoms with E-state index in [4.69, 9.17) is 14.2 Å². The lowest BCUT2D eigenvalue weighted by molar-refractivity contribution is 0.0699. The van der Waals surface area contributed by atoms with Gasteiger partial charge in [-0.15, -0.1) is 0 Å². The molecule has 0 aromatic heterocycles. The van der Waals surface area contributed by atoms with Crippen molar-refractivity contribution in [2.24, 2.45) is 0 Å². The topological polar surface area (TPSA) is 56.8 Å². The van der Waals surface area contributed by atoms with Gasteiger partial charge in [-0.1, -0.05) is 6.07 Å². The third-order valence-corrected chi connectivity index (χ3v) is 4.26.